The predicted molar refractivity (Wildman–Crippen MR) is 105 cm³/mol. The summed E-state index contributed by atoms with van der Waals surface area (Å²) < 4.78 is 43.8. The molecule has 0 atom stereocenters. The zero-order valence-corrected chi connectivity index (χ0v) is 15.7. The minimum absolute atomic E-state index is 0.0584. The molecule has 160 valence electrons. The molecule has 3 rings (SSSR count). The highest BCUT2D eigenvalue weighted by molar-refractivity contribution is 5.79. The number of alkyl halides is 3. The van der Waals surface area contributed by atoms with Crippen molar-refractivity contribution in [1.29, 1.82) is 0 Å². The molecule has 1 N–H and O–H groups in total. The summed E-state index contributed by atoms with van der Waals surface area (Å²) in [4.78, 5) is 20.5. The lowest BCUT2D eigenvalue weighted by atomic mass is 10.1. The number of nitrogens with one attached hydrogen (secondary N) is 1. The third-order valence-corrected chi connectivity index (χ3v) is 4.21. The van der Waals surface area contributed by atoms with E-state index in [1.54, 1.807) is 19.1 Å². The first-order valence-electron chi connectivity index (χ1n) is 8.56. The fourth-order valence-electron chi connectivity index (χ4n) is 2.72. The number of benzene rings is 2. The van der Waals surface area contributed by atoms with Crippen molar-refractivity contribution < 1.29 is 27.4 Å². The summed E-state index contributed by atoms with van der Waals surface area (Å²) in [7, 11) is 0. The second-order valence-electron chi connectivity index (χ2n) is 6.32. The number of nitrogens with zero attached hydrogens (tertiary/aromatic N) is 3. The van der Waals surface area contributed by atoms with Crippen LogP contribution in [0.3, 0.4) is 0 Å². The molecule has 0 saturated carbocycles. The van der Waals surface area contributed by atoms with Crippen LogP contribution in [0.2, 0.25) is 0 Å². The van der Waals surface area contributed by atoms with Gasteiger partial charge in [-0.3, -0.25) is 25.7 Å². The van der Waals surface area contributed by atoms with Crippen molar-refractivity contribution in [2.75, 3.05) is 5.43 Å². The SMILES string of the molecule is Cc1cc([N+](=O)[O-])ccc1-c1ccc(/C=N/Nc2ccc(C(F)(F)F)cc2[N+](=O)[O-])o1. The van der Waals surface area contributed by atoms with Gasteiger partial charge in [0, 0.05) is 23.8 Å². The van der Waals surface area contributed by atoms with Crippen LogP contribution in [-0.2, 0) is 6.18 Å². The number of aryl methyl sites for hydroxylation is 1. The molecule has 0 saturated heterocycles. The summed E-state index contributed by atoms with van der Waals surface area (Å²) in [5.41, 5.74) is 1.34. The van der Waals surface area contributed by atoms with Gasteiger partial charge in [-0.2, -0.15) is 18.3 Å². The van der Waals surface area contributed by atoms with Crippen LogP contribution in [0, 0.1) is 27.2 Å². The Bertz CT molecular complexity index is 1190. The molecule has 0 bridgehead atoms. The summed E-state index contributed by atoms with van der Waals surface area (Å²) in [5, 5.41) is 25.7. The Morgan fingerprint density at radius 1 is 1.03 bits per heavy atom. The van der Waals surface area contributed by atoms with Crippen molar-refractivity contribution in [3.8, 4) is 11.3 Å². The van der Waals surface area contributed by atoms with E-state index in [1.165, 1.54) is 24.4 Å². The fourth-order valence-corrected chi connectivity index (χ4v) is 2.72. The number of hydrogen-bond donors (Lipinski definition) is 1. The molecule has 0 spiro atoms. The Labute approximate surface area is 172 Å². The molecule has 0 aliphatic carbocycles. The highest BCUT2D eigenvalue weighted by Gasteiger charge is 2.33. The largest absolute Gasteiger partial charge is 0.455 e. The maximum atomic E-state index is 12.8. The van der Waals surface area contributed by atoms with E-state index in [1.807, 2.05) is 0 Å². The smallest absolute Gasteiger partial charge is 0.416 e. The number of hydrogen-bond acceptors (Lipinski definition) is 7. The lowest BCUT2D eigenvalue weighted by molar-refractivity contribution is -0.384. The lowest BCUT2D eigenvalue weighted by Crippen LogP contribution is -2.06. The molecule has 31 heavy (non-hydrogen) atoms. The number of nitro groups is 2. The van der Waals surface area contributed by atoms with Crippen molar-refractivity contribution in [3.05, 3.63) is 85.6 Å². The van der Waals surface area contributed by atoms with Crippen LogP contribution >= 0.6 is 0 Å². The maximum absolute atomic E-state index is 12.8. The minimum atomic E-state index is -4.72. The van der Waals surface area contributed by atoms with Gasteiger partial charge in [0.2, 0.25) is 0 Å². The topological polar surface area (TPSA) is 124 Å². The van der Waals surface area contributed by atoms with Crippen molar-refractivity contribution in [3.63, 3.8) is 0 Å². The van der Waals surface area contributed by atoms with Crippen LogP contribution in [0.5, 0.6) is 0 Å². The van der Waals surface area contributed by atoms with Gasteiger partial charge in [-0.15, -0.1) is 0 Å². The second-order valence-corrected chi connectivity index (χ2v) is 6.32. The van der Waals surface area contributed by atoms with E-state index >= 15 is 0 Å². The Hall–Kier alpha value is -4.22. The van der Waals surface area contributed by atoms with Crippen LogP contribution in [0.25, 0.3) is 11.3 Å². The Balaban J connectivity index is 1.78. The van der Waals surface area contributed by atoms with Gasteiger partial charge < -0.3 is 4.42 Å². The molecular formula is C19H13F3N4O5. The molecule has 1 aromatic heterocycles. The summed E-state index contributed by atoms with van der Waals surface area (Å²) in [6, 6.07) is 9.45. The van der Waals surface area contributed by atoms with Gasteiger partial charge in [-0.1, -0.05) is 0 Å². The average Bonchev–Trinajstić information content (AvgIpc) is 3.15. The quantitative estimate of drug-likeness (QED) is 0.309. The first-order chi connectivity index (χ1) is 14.6. The number of nitro benzene ring substituents is 2. The average molecular weight is 434 g/mol. The van der Waals surface area contributed by atoms with E-state index in [9.17, 15) is 33.4 Å². The van der Waals surface area contributed by atoms with Crippen LogP contribution in [0.1, 0.15) is 16.9 Å². The maximum Gasteiger partial charge on any atom is 0.416 e. The Morgan fingerprint density at radius 2 is 1.77 bits per heavy atom. The molecule has 0 aliphatic rings. The molecule has 12 heteroatoms. The molecule has 0 amide bonds. The van der Waals surface area contributed by atoms with Crippen molar-refractivity contribution in [2.45, 2.75) is 13.1 Å². The Kier molecular flexibility index (Phi) is 5.72. The number of hydrazone groups is 1. The fraction of sp³-hybridized carbons (Fsp3) is 0.105. The monoisotopic (exact) mass is 434 g/mol. The normalized spacial score (nSPS) is 11.6. The zero-order valence-electron chi connectivity index (χ0n) is 15.7. The molecule has 0 aliphatic heterocycles. The lowest BCUT2D eigenvalue weighted by Gasteiger charge is -2.08. The number of non-ortho nitro benzene ring substituents is 1. The molecule has 1 heterocycles. The minimum Gasteiger partial charge on any atom is -0.455 e. The summed E-state index contributed by atoms with van der Waals surface area (Å²) >= 11 is 0. The predicted octanol–water partition coefficient (Wildman–Crippen LogP) is 5.54. The van der Waals surface area contributed by atoms with E-state index in [-0.39, 0.29) is 17.1 Å². The molecule has 2 aromatic carbocycles. The first-order valence-corrected chi connectivity index (χ1v) is 8.56. The van der Waals surface area contributed by atoms with E-state index in [4.69, 9.17) is 4.42 Å². The summed E-state index contributed by atoms with van der Waals surface area (Å²) in [5.74, 6) is 0.657. The molecule has 0 unspecified atom stereocenters. The summed E-state index contributed by atoms with van der Waals surface area (Å²) in [6.07, 6.45) is -3.53. The van der Waals surface area contributed by atoms with Crippen molar-refractivity contribution >= 4 is 23.3 Å². The van der Waals surface area contributed by atoms with Gasteiger partial charge in [0.1, 0.15) is 17.2 Å². The number of furan rings is 1. The van der Waals surface area contributed by atoms with Gasteiger partial charge in [0.25, 0.3) is 11.4 Å². The molecule has 3 aromatic rings. The third kappa shape index (κ3) is 4.86. The van der Waals surface area contributed by atoms with Crippen molar-refractivity contribution in [2.24, 2.45) is 5.10 Å². The van der Waals surface area contributed by atoms with Gasteiger partial charge in [-0.25, -0.2) is 0 Å². The van der Waals surface area contributed by atoms with Crippen LogP contribution in [-0.4, -0.2) is 16.1 Å². The summed E-state index contributed by atoms with van der Waals surface area (Å²) in [6.45, 7) is 1.68. The van der Waals surface area contributed by atoms with E-state index in [0.717, 1.165) is 6.07 Å². The Morgan fingerprint density at radius 3 is 2.39 bits per heavy atom. The highest BCUT2D eigenvalue weighted by Crippen LogP contribution is 2.35. The van der Waals surface area contributed by atoms with E-state index < -0.39 is 27.3 Å². The highest BCUT2D eigenvalue weighted by atomic mass is 19.4. The first kappa shape index (κ1) is 21.5. The molecule has 0 fully saturated rings. The van der Waals surface area contributed by atoms with E-state index in [2.05, 4.69) is 10.5 Å². The zero-order chi connectivity index (χ0) is 22.8. The standard InChI is InChI=1S/C19H13F3N4O5/c1-11-8-13(25(27)28)3-5-15(11)18-7-4-14(31-18)10-23-24-16-6-2-12(19(20,21)22)9-17(16)26(29)30/h2-10,24H,1H3/b23-10+. The second kappa shape index (κ2) is 8.26. The molecule has 0 radical (unpaired) electrons. The molecule has 9 nitrogen and oxygen atoms in total. The van der Waals surface area contributed by atoms with Crippen molar-refractivity contribution in [1.82, 2.24) is 0 Å². The van der Waals surface area contributed by atoms with Gasteiger partial charge in [-0.05, 0) is 42.8 Å². The number of halogens is 3. The van der Waals surface area contributed by atoms with Gasteiger partial charge >= 0.3 is 6.18 Å². The van der Waals surface area contributed by atoms with Crippen LogP contribution in [0.4, 0.5) is 30.2 Å². The van der Waals surface area contributed by atoms with E-state index in [0.29, 0.717) is 29.0 Å². The number of anilines is 1. The van der Waals surface area contributed by atoms with Crippen LogP contribution < -0.4 is 5.43 Å². The number of rotatable bonds is 6. The van der Waals surface area contributed by atoms with Gasteiger partial charge in [0.15, 0.2) is 0 Å². The van der Waals surface area contributed by atoms with Crippen LogP contribution in [0.15, 0.2) is 58.0 Å². The molecular weight excluding hydrogens is 421 g/mol. The van der Waals surface area contributed by atoms with Gasteiger partial charge in [0.05, 0.1) is 21.6 Å². The third-order valence-electron chi connectivity index (χ3n) is 4.21.